The fourth-order valence-corrected chi connectivity index (χ4v) is 2.17. The van der Waals surface area contributed by atoms with E-state index in [-0.39, 0.29) is 5.97 Å². The predicted molar refractivity (Wildman–Crippen MR) is 63.4 cm³/mol. The van der Waals surface area contributed by atoms with Crippen molar-refractivity contribution in [2.75, 3.05) is 6.61 Å². The van der Waals surface area contributed by atoms with Gasteiger partial charge in [-0.3, -0.25) is 0 Å². The average molecular weight is 254 g/mol. The van der Waals surface area contributed by atoms with Gasteiger partial charge in [-0.1, -0.05) is 11.6 Å². The lowest BCUT2D eigenvalue weighted by molar-refractivity contribution is 0.0525. The zero-order valence-corrected chi connectivity index (χ0v) is 10.6. The smallest absolute Gasteiger partial charge is 0.340 e. The number of halogens is 1. The average Bonchev–Trinajstić information content (AvgIpc) is 2.53. The quantitative estimate of drug-likeness (QED) is 0.770. The van der Waals surface area contributed by atoms with Crippen molar-refractivity contribution in [1.82, 2.24) is 14.6 Å². The van der Waals surface area contributed by atoms with Gasteiger partial charge in [-0.15, -0.1) is 0 Å². The number of esters is 1. The van der Waals surface area contributed by atoms with E-state index in [1.165, 1.54) is 6.33 Å². The van der Waals surface area contributed by atoms with Crippen molar-refractivity contribution < 1.29 is 9.53 Å². The third kappa shape index (κ3) is 1.76. The third-order valence-corrected chi connectivity index (χ3v) is 2.91. The summed E-state index contributed by atoms with van der Waals surface area (Å²) in [5.74, 6) is -0.357. The Hall–Kier alpha value is -1.62. The van der Waals surface area contributed by atoms with Gasteiger partial charge in [0.15, 0.2) is 5.15 Å². The molecule has 0 unspecified atom stereocenters. The zero-order valence-electron chi connectivity index (χ0n) is 9.82. The van der Waals surface area contributed by atoms with Gasteiger partial charge in [-0.2, -0.15) is 5.10 Å². The maximum atomic E-state index is 11.8. The molecule has 2 heterocycles. The van der Waals surface area contributed by atoms with Crippen molar-refractivity contribution in [2.24, 2.45) is 0 Å². The van der Waals surface area contributed by atoms with Crippen LogP contribution in [-0.2, 0) is 4.74 Å². The Morgan fingerprint density at radius 1 is 1.53 bits per heavy atom. The zero-order chi connectivity index (χ0) is 12.6. The van der Waals surface area contributed by atoms with Crippen LogP contribution in [0.15, 0.2) is 6.33 Å². The van der Waals surface area contributed by atoms with E-state index in [0.717, 1.165) is 5.56 Å². The van der Waals surface area contributed by atoms with Crippen molar-refractivity contribution >= 4 is 23.1 Å². The molecule has 0 spiro atoms. The number of carbonyl (C=O) groups is 1. The lowest BCUT2D eigenvalue weighted by atomic mass is 10.1. The van der Waals surface area contributed by atoms with Gasteiger partial charge in [0.05, 0.1) is 17.9 Å². The van der Waals surface area contributed by atoms with Crippen molar-refractivity contribution in [3.05, 3.63) is 28.3 Å². The van der Waals surface area contributed by atoms with E-state index in [9.17, 15) is 4.79 Å². The highest BCUT2D eigenvalue weighted by atomic mass is 35.5. The summed E-state index contributed by atoms with van der Waals surface area (Å²) in [5, 5.41) is 4.41. The minimum absolute atomic E-state index is 0.330. The van der Waals surface area contributed by atoms with Crippen LogP contribution in [0, 0.1) is 13.8 Å². The highest BCUT2D eigenvalue weighted by Crippen LogP contribution is 2.26. The molecule has 0 fully saturated rings. The van der Waals surface area contributed by atoms with Crippen LogP contribution in [0.25, 0.3) is 5.52 Å². The summed E-state index contributed by atoms with van der Waals surface area (Å²) in [6.45, 7) is 5.72. The van der Waals surface area contributed by atoms with Crippen LogP contribution in [0.2, 0.25) is 5.15 Å². The molecule has 0 bridgehead atoms. The topological polar surface area (TPSA) is 56.5 Å². The highest BCUT2D eigenvalue weighted by Gasteiger charge is 2.22. The molecule has 90 valence electrons. The SMILES string of the molecule is CCOC(=O)c1c(C)c2c(Cl)ncnn2c1C. The van der Waals surface area contributed by atoms with Gasteiger partial charge in [0.2, 0.25) is 0 Å². The van der Waals surface area contributed by atoms with E-state index in [0.29, 0.717) is 28.5 Å². The lowest BCUT2D eigenvalue weighted by Gasteiger charge is -2.01. The molecule has 0 aliphatic carbocycles. The number of hydrogen-bond acceptors (Lipinski definition) is 4. The fourth-order valence-electron chi connectivity index (χ4n) is 1.90. The number of nitrogens with zero attached hydrogens (tertiary/aromatic N) is 3. The van der Waals surface area contributed by atoms with E-state index >= 15 is 0 Å². The molecule has 0 amide bonds. The van der Waals surface area contributed by atoms with Crippen LogP contribution in [0.4, 0.5) is 0 Å². The second-order valence-electron chi connectivity index (χ2n) is 3.62. The number of rotatable bonds is 2. The first-order valence-corrected chi connectivity index (χ1v) is 5.61. The molecule has 0 N–H and O–H groups in total. The molecular formula is C11H12ClN3O2. The molecule has 0 radical (unpaired) electrons. The van der Waals surface area contributed by atoms with Gasteiger partial charge in [-0.25, -0.2) is 14.3 Å². The summed E-state index contributed by atoms with van der Waals surface area (Å²) >= 11 is 6.01. The normalized spacial score (nSPS) is 10.8. The first-order chi connectivity index (χ1) is 8.07. The van der Waals surface area contributed by atoms with E-state index < -0.39 is 0 Å². The van der Waals surface area contributed by atoms with Gasteiger partial charge in [-0.05, 0) is 26.3 Å². The third-order valence-electron chi connectivity index (χ3n) is 2.63. The molecule has 6 heteroatoms. The van der Waals surface area contributed by atoms with Crippen LogP contribution in [0.3, 0.4) is 0 Å². The van der Waals surface area contributed by atoms with Crippen LogP contribution in [-0.4, -0.2) is 27.2 Å². The van der Waals surface area contributed by atoms with Crippen LogP contribution >= 0.6 is 11.6 Å². The number of fused-ring (bicyclic) bond motifs is 1. The Morgan fingerprint density at radius 2 is 2.24 bits per heavy atom. The molecule has 17 heavy (non-hydrogen) atoms. The molecule has 0 aromatic carbocycles. The number of aryl methyl sites for hydroxylation is 2. The Morgan fingerprint density at radius 3 is 2.82 bits per heavy atom. The number of carbonyl (C=O) groups excluding carboxylic acids is 1. The first-order valence-electron chi connectivity index (χ1n) is 5.23. The van der Waals surface area contributed by atoms with Crippen LogP contribution in [0.1, 0.15) is 28.5 Å². The molecular weight excluding hydrogens is 242 g/mol. The number of hydrogen-bond donors (Lipinski definition) is 0. The second-order valence-corrected chi connectivity index (χ2v) is 3.98. The Labute approximate surface area is 103 Å². The first kappa shape index (κ1) is 11.9. The number of aromatic nitrogens is 3. The summed E-state index contributed by atoms with van der Waals surface area (Å²) < 4.78 is 6.62. The standard InChI is InChI=1S/C11H12ClN3O2/c1-4-17-11(16)8-6(2)9-10(12)13-5-14-15(9)7(8)3/h5H,4H2,1-3H3. The summed E-state index contributed by atoms with van der Waals surface area (Å²) in [4.78, 5) is 15.7. The van der Waals surface area contributed by atoms with Gasteiger partial charge in [0.1, 0.15) is 11.8 Å². The largest absolute Gasteiger partial charge is 0.462 e. The van der Waals surface area contributed by atoms with Crippen molar-refractivity contribution in [1.29, 1.82) is 0 Å². The number of ether oxygens (including phenoxy) is 1. The van der Waals surface area contributed by atoms with Crippen molar-refractivity contribution in [2.45, 2.75) is 20.8 Å². The molecule has 0 saturated carbocycles. The predicted octanol–water partition coefficient (Wildman–Crippen LogP) is 2.18. The van der Waals surface area contributed by atoms with E-state index in [2.05, 4.69) is 10.1 Å². The van der Waals surface area contributed by atoms with Crippen molar-refractivity contribution in [3.63, 3.8) is 0 Å². The molecule has 0 atom stereocenters. The van der Waals surface area contributed by atoms with E-state index in [1.54, 1.807) is 18.4 Å². The molecule has 0 aliphatic heterocycles. The van der Waals surface area contributed by atoms with Gasteiger partial charge >= 0.3 is 5.97 Å². The monoisotopic (exact) mass is 253 g/mol. The van der Waals surface area contributed by atoms with E-state index in [1.807, 2.05) is 6.92 Å². The molecule has 5 nitrogen and oxygen atoms in total. The summed E-state index contributed by atoms with van der Waals surface area (Å²) in [6, 6.07) is 0. The molecule has 2 rings (SSSR count). The summed E-state index contributed by atoms with van der Waals surface area (Å²) in [7, 11) is 0. The minimum atomic E-state index is -0.357. The molecule has 0 aliphatic rings. The highest BCUT2D eigenvalue weighted by molar-refractivity contribution is 6.32. The maximum absolute atomic E-state index is 11.8. The Kier molecular flexibility index (Phi) is 3.02. The summed E-state index contributed by atoms with van der Waals surface area (Å²) in [6.07, 6.45) is 1.36. The minimum Gasteiger partial charge on any atom is -0.462 e. The van der Waals surface area contributed by atoms with Crippen LogP contribution < -0.4 is 0 Å². The van der Waals surface area contributed by atoms with Gasteiger partial charge < -0.3 is 4.74 Å². The second kappa shape index (κ2) is 4.33. The van der Waals surface area contributed by atoms with Gasteiger partial charge in [0, 0.05) is 0 Å². The fraction of sp³-hybridized carbons (Fsp3) is 0.364. The summed E-state index contributed by atoms with van der Waals surface area (Å²) in [5.41, 5.74) is 2.61. The Bertz CT molecular complexity index is 592. The van der Waals surface area contributed by atoms with Gasteiger partial charge in [0.25, 0.3) is 0 Å². The van der Waals surface area contributed by atoms with E-state index in [4.69, 9.17) is 16.3 Å². The molecule has 0 saturated heterocycles. The lowest BCUT2D eigenvalue weighted by Crippen LogP contribution is -2.07. The Balaban J connectivity index is 2.73. The molecule has 2 aromatic rings. The maximum Gasteiger partial charge on any atom is 0.340 e. The van der Waals surface area contributed by atoms with Crippen molar-refractivity contribution in [3.8, 4) is 0 Å². The van der Waals surface area contributed by atoms with Crippen LogP contribution in [0.5, 0.6) is 0 Å². The molecule has 2 aromatic heterocycles.